The third-order valence-corrected chi connectivity index (χ3v) is 2.07. The maximum atomic E-state index is 12.1. The highest BCUT2D eigenvalue weighted by molar-refractivity contribution is 5.87. The number of hydrogen-bond donors (Lipinski definition) is 1. The van der Waals surface area contributed by atoms with Gasteiger partial charge in [0.25, 0.3) is 6.43 Å². The number of carbonyl (C=O) groups is 1. The molecular formula is C10H12F2N2O2. The Balaban J connectivity index is 2.94. The molecule has 1 N–H and O–H groups in total. The standard InChI is InChI=1S/C10H12F2N2O2/c1-6-3-7(10(15)16)4-13-9(6)14(2)5-8(11)12/h3-4,8H,5H2,1-2H3,(H,15,16). The second-order valence-electron chi connectivity index (χ2n) is 3.44. The van der Waals surface area contributed by atoms with Gasteiger partial charge < -0.3 is 10.0 Å². The van der Waals surface area contributed by atoms with Crippen molar-refractivity contribution >= 4 is 11.8 Å². The van der Waals surface area contributed by atoms with E-state index in [-0.39, 0.29) is 5.56 Å². The average Bonchev–Trinajstić information content (AvgIpc) is 2.15. The number of halogens is 2. The molecule has 0 saturated heterocycles. The minimum atomic E-state index is -2.45. The highest BCUT2D eigenvalue weighted by atomic mass is 19.3. The Kier molecular flexibility index (Phi) is 3.76. The van der Waals surface area contributed by atoms with Crippen molar-refractivity contribution in [1.29, 1.82) is 0 Å². The summed E-state index contributed by atoms with van der Waals surface area (Å²) in [4.78, 5) is 15.8. The van der Waals surface area contributed by atoms with Crippen molar-refractivity contribution in [2.24, 2.45) is 0 Å². The number of aromatic nitrogens is 1. The number of aromatic carboxylic acids is 1. The first-order chi connectivity index (χ1) is 7.41. The van der Waals surface area contributed by atoms with Gasteiger partial charge in [-0.2, -0.15) is 0 Å². The summed E-state index contributed by atoms with van der Waals surface area (Å²) < 4.78 is 24.3. The Bertz CT molecular complexity index is 396. The minimum Gasteiger partial charge on any atom is -0.478 e. The molecule has 0 bridgehead atoms. The van der Waals surface area contributed by atoms with Crippen LogP contribution in [-0.2, 0) is 0 Å². The molecule has 0 aromatic carbocycles. The molecular weight excluding hydrogens is 218 g/mol. The zero-order valence-electron chi connectivity index (χ0n) is 8.94. The molecule has 0 radical (unpaired) electrons. The third-order valence-electron chi connectivity index (χ3n) is 2.07. The number of rotatable bonds is 4. The molecule has 0 aliphatic rings. The van der Waals surface area contributed by atoms with E-state index >= 15 is 0 Å². The van der Waals surface area contributed by atoms with Crippen molar-refractivity contribution in [3.8, 4) is 0 Å². The fourth-order valence-corrected chi connectivity index (χ4v) is 1.38. The molecule has 0 aliphatic carbocycles. The van der Waals surface area contributed by atoms with Crippen LogP contribution in [0.5, 0.6) is 0 Å². The summed E-state index contributed by atoms with van der Waals surface area (Å²) in [6.07, 6.45) is -1.29. The van der Waals surface area contributed by atoms with Gasteiger partial charge in [-0.1, -0.05) is 0 Å². The Hall–Kier alpha value is -1.72. The van der Waals surface area contributed by atoms with Crippen molar-refractivity contribution in [3.63, 3.8) is 0 Å². The summed E-state index contributed by atoms with van der Waals surface area (Å²) in [7, 11) is 1.49. The SMILES string of the molecule is Cc1cc(C(=O)O)cnc1N(C)CC(F)F. The van der Waals surface area contributed by atoms with Crippen LogP contribution < -0.4 is 4.90 Å². The van der Waals surface area contributed by atoms with Crippen LogP contribution in [0.4, 0.5) is 14.6 Å². The number of hydrogen-bond acceptors (Lipinski definition) is 3. The molecule has 1 heterocycles. The fraction of sp³-hybridized carbons (Fsp3) is 0.400. The summed E-state index contributed by atoms with van der Waals surface area (Å²) in [6.45, 7) is 1.21. The van der Waals surface area contributed by atoms with Gasteiger partial charge >= 0.3 is 5.97 Å². The summed E-state index contributed by atoms with van der Waals surface area (Å²) in [5.41, 5.74) is 0.606. The van der Waals surface area contributed by atoms with E-state index in [0.717, 1.165) is 6.20 Å². The van der Waals surface area contributed by atoms with Gasteiger partial charge in [-0.25, -0.2) is 18.6 Å². The first-order valence-electron chi connectivity index (χ1n) is 4.61. The van der Waals surface area contributed by atoms with Gasteiger partial charge in [0.15, 0.2) is 0 Å². The van der Waals surface area contributed by atoms with Gasteiger partial charge in [-0.15, -0.1) is 0 Å². The molecule has 1 aromatic rings. The second-order valence-corrected chi connectivity index (χ2v) is 3.44. The number of carboxylic acids is 1. The first kappa shape index (κ1) is 12.4. The first-order valence-corrected chi connectivity index (χ1v) is 4.61. The number of nitrogens with zero attached hydrogens (tertiary/aromatic N) is 2. The molecule has 0 fully saturated rings. The lowest BCUT2D eigenvalue weighted by molar-refractivity contribution is 0.0696. The molecule has 16 heavy (non-hydrogen) atoms. The van der Waals surface area contributed by atoms with E-state index in [1.807, 2.05) is 0 Å². The number of carboxylic acid groups (broad SMARTS) is 1. The van der Waals surface area contributed by atoms with E-state index in [0.29, 0.717) is 11.4 Å². The quantitative estimate of drug-likeness (QED) is 0.856. The van der Waals surface area contributed by atoms with Crippen LogP contribution >= 0.6 is 0 Å². The van der Waals surface area contributed by atoms with Crippen LogP contribution in [0.15, 0.2) is 12.3 Å². The Labute approximate surface area is 91.5 Å². The normalized spacial score (nSPS) is 10.6. The van der Waals surface area contributed by atoms with E-state index in [4.69, 9.17) is 5.11 Å². The smallest absolute Gasteiger partial charge is 0.337 e. The number of alkyl halides is 2. The molecule has 0 spiro atoms. The lowest BCUT2D eigenvalue weighted by Gasteiger charge is -2.19. The molecule has 0 amide bonds. The maximum absolute atomic E-state index is 12.1. The van der Waals surface area contributed by atoms with E-state index < -0.39 is 18.9 Å². The van der Waals surface area contributed by atoms with Gasteiger partial charge in [0, 0.05) is 13.2 Å². The van der Waals surface area contributed by atoms with Crippen molar-refractivity contribution < 1.29 is 18.7 Å². The third kappa shape index (κ3) is 2.88. The summed E-state index contributed by atoms with van der Waals surface area (Å²) in [5, 5.41) is 8.71. The van der Waals surface area contributed by atoms with Gasteiger partial charge in [0.05, 0.1) is 12.1 Å². The number of anilines is 1. The molecule has 0 unspecified atom stereocenters. The Morgan fingerprint density at radius 2 is 2.25 bits per heavy atom. The molecule has 6 heteroatoms. The summed E-state index contributed by atoms with van der Waals surface area (Å²) >= 11 is 0. The van der Waals surface area contributed by atoms with Crippen molar-refractivity contribution in [2.45, 2.75) is 13.3 Å². The zero-order chi connectivity index (χ0) is 12.3. The maximum Gasteiger partial charge on any atom is 0.337 e. The number of aryl methyl sites for hydroxylation is 1. The van der Waals surface area contributed by atoms with E-state index in [1.54, 1.807) is 6.92 Å². The minimum absolute atomic E-state index is 0.0479. The van der Waals surface area contributed by atoms with Crippen LogP contribution in [0.1, 0.15) is 15.9 Å². The number of pyridine rings is 1. The molecule has 4 nitrogen and oxygen atoms in total. The Morgan fingerprint density at radius 3 is 2.69 bits per heavy atom. The van der Waals surface area contributed by atoms with Gasteiger partial charge in [-0.05, 0) is 18.6 Å². The highest BCUT2D eigenvalue weighted by Crippen LogP contribution is 2.17. The lowest BCUT2D eigenvalue weighted by Crippen LogP contribution is -2.25. The van der Waals surface area contributed by atoms with Crippen molar-refractivity contribution in [1.82, 2.24) is 4.98 Å². The molecule has 1 rings (SSSR count). The Morgan fingerprint density at radius 1 is 1.62 bits per heavy atom. The van der Waals surface area contributed by atoms with Crippen LogP contribution in [0.3, 0.4) is 0 Å². The van der Waals surface area contributed by atoms with Crippen LogP contribution in [0, 0.1) is 6.92 Å². The van der Waals surface area contributed by atoms with Gasteiger partial charge in [0.1, 0.15) is 5.82 Å². The summed E-state index contributed by atoms with van der Waals surface area (Å²) in [5.74, 6) is -0.719. The van der Waals surface area contributed by atoms with Gasteiger partial charge in [-0.3, -0.25) is 0 Å². The van der Waals surface area contributed by atoms with E-state index in [1.165, 1.54) is 18.0 Å². The second kappa shape index (κ2) is 4.87. The lowest BCUT2D eigenvalue weighted by atomic mass is 10.2. The molecule has 0 aliphatic heterocycles. The summed E-state index contributed by atoms with van der Waals surface area (Å²) in [6, 6.07) is 1.41. The van der Waals surface area contributed by atoms with Crippen LogP contribution in [0.25, 0.3) is 0 Å². The van der Waals surface area contributed by atoms with Crippen LogP contribution in [0.2, 0.25) is 0 Å². The van der Waals surface area contributed by atoms with Gasteiger partial charge in [0.2, 0.25) is 0 Å². The zero-order valence-corrected chi connectivity index (χ0v) is 8.94. The monoisotopic (exact) mass is 230 g/mol. The van der Waals surface area contributed by atoms with E-state index in [9.17, 15) is 13.6 Å². The molecule has 1 aromatic heterocycles. The largest absolute Gasteiger partial charge is 0.478 e. The molecule has 88 valence electrons. The molecule has 0 saturated carbocycles. The van der Waals surface area contributed by atoms with E-state index in [2.05, 4.69) is 4.98 Å². The fourth-order valence-electron chi connectivity index (χ4n) is 1.38. The topological polar surface area (TPSA) is 53.4 Å². The van der Waals surface area contributed by atoms with Crippen molar-refractivity contribution in [2.75, 3.05) is 18.5 Å². The predicted octanol–water partition coefficient (Wildman–Crippen LogP) is 1.79. The highest BCUT2D eigenvalue weighted by Gasteiger charge is 2.13. The van der Waals surface area contributed by atoms with Crippen LogP contribution in [-0.4, -0.2) is 36.1 Å². The van der Waals surface area contributed by atoms with Crippen molar-refractivity contribution in [3.05, 3.63) is 23.4 Å². The predicted molar refractivity (Wildman–Crippen MR) is 55.2 cm³/mol. The molecule has 0 atom stereocenters. The average molecular weight is 230 g/mol.